The van der Waals surface area contributed by atoms with Gasteiger partial charge in [0.05, 0.1) is 5.56 Å². The van der Waals surface area contributed by atoms with E-state index in [-0.39, 0.29) is 5.91 Å². The fraction of sp³-hybridized carbons (Fsp3) is 0.294. The number of amides is 1. The number of carbonyl (C=O) groups excluding carboxylic acids is 1. The Hall–Kier alpha value is -2.36. The first-order chi connectivity index (χ1) is 10.1. The van der Waals surface area contributed by atoms with Crippen molar-refractivity contribution in [2.24, 2.45) is 0 Å². The van der Waals surface area contributed by atoms with Crippen LogP contribution in [-0.4, -0.2) is 24.5 Å². The van der Waals surface area contributed by atoms with Gasteiger partial charge in [-0.2, -0.15) is 0 Å². The van der Waals surface area contributed by atoms with Crippen LogP contribution in [0.2, 0.25) is 0 Å². The fourth-order valence-corrected chi connectivity index (χ4v) is 2.03. The molecule has 2 rings (SSSR count). The van der Waals surface area contributed by atoms with Crippen LogP contribution < -0.4 is 10.2 Å². The lowest BCUT2D eigenvalue weighted by Gasteiger charge is -2.18. The number of nitrogens with one attached hydrogen (secondary N) is 1. The molecule has 1 heterocycles. The highest BCUT2D eigenvalue weighted by molar-refractivity contribution is 6.05. The Morgan fingerprint density at radius 3 is 2.71 bits per heavy atom. The first-order valence-electron chi connectivity index (χ1n) is 7.16. The number of nitrogens with zero attached hydrogens (tertiary/aromatic N) is 2. The second-order valence-corrected chi connectivity index (χ2v) is 5.06. The van der Waals surface area contributed by atoms with E-state index in [1.165, 1.54) is 0 Å². The molecule has 4 heteroatoms. The van der Waals surface area contributed by atoms with E-state index in [0.717, 1.165) is 30.0 Å². The van der Waals surface area contributed by atoms with Crippen LogP contribution in [0.1, 0.15) is 29.3 Å². The van der Waals surface area contributed by atoms with Gasteiger partial charge in [-0.05, 0) is 43.2 Å². The normalized spacial score (nSPS) is 10.2. The van der Waals surface area contributed by atoms with E-state index in [9.17, 15) is 4.79 Å². The number of rotatable bonds is 5. The van der Waals surface area contributed by atoms with Gasteiger partial charge < -0.3 is 10.2 Å². The molecule has 21 heavy (non-hydrogen) atoms. The molecule has 0 aliphatic heterocycles. The highest BCUT2D eigenvalue weighted by Crippen LogP contribution is 2.17. The van der Waals surface area contributed by atoms with Gasteiger partial charge in [0.1, 0.15) is 5.82 Å². The van der Waals surface area contributed by atoms with E-state index in [0.29, 0.717) is 5.56 Å². The standard InChI is InChI=1S/C17H21N3O/c1-4-10-18-16-9-8-14(12-19-16)17(21)20(3)15-7-5-6-13(2)11-15/h5-9,11-12H,4,10H2,1-3H3,(H,18,19). The minimum absolute atomic E-state index is 0.0601. The van der Waals surface area contributed by atoms with Crippen molar-refractivity contribution in [1.82, 2.24) is 4.98 Å². The third-order valence-corrected chi connectivity index (χ3v) is 3.26. The molecule has 0 aliphatic carbocycles. The second kappa shape index (κ2) is 6.88. The van der Waals surface area contributed by atoms with Crippen LogP contribution in [0.3, 0.4) is 0 Å². The van der Waals surface area contributed by atoms with Gasteiger partial charge in [-0.25, -0.2) is 4.98 Å². The Morgan fingerprint density at radius 1 is 1.29 bits per heavy atom. The number of anilines is 2. The largest absolute Gasteiger partial charge is 0.370 e. The number of benzene rings is 1. The Bertz CT molecular complexity index is 608. The van der Waals surface area contributed by atoms with Crippen LogP contribution in [0, 0.1) is 6.92 Å². The first kappa shape index (κ1) is 15.0. The summed E-state index contributed by atoms with van der Waals surface area (Å²) in [6, 6.07) is 11.5. The lowest BCUT2D eigenvalue weighted by Crippen LogP contribution is -2.26. The lowest BCUT2D eigenvalue weighted by molar-refractivity contribution is 0.0992. The summed E-state index contributed by atoms with van der Waals surface area (Å²) in [5.74, 6) is 0.738. The molecule has 0 unspecified atom stereocenters. The number of hydrogen-bond acceptors (Lipinski definition) is 3. The molecule has 1 N–H and O–H groups in total. The van der Waals surface area contributed by atoms with Crippen molar-refractivity contribution < 1.29 is 4.79 Å². The summed E-state index contributed by atoms with van der Waals surface area (Å²) >= 11 is 0. The third kappa shape index (κ3) is 3.81. The van der Waals surface area contributed by atoms with E-state index >= 15 is 0 Å². The molecule has 1 aromatic carbocycles. The maximum atomic E-state index is 12.4. The van der Waals surface area contributed by atoms with E-state index in [1.54, 1.807) is 24.2 Å². The average Bonchev–Trinajstić information content (AvgIpc) is 2.52. The molecule has 2 aromatic rings. The maximum Gasteiger partial charge on any atom is 0.259 e. The van der Waals surface area contributed by atoms with Gasteiger partial charge >= 0.3 is 0 Å². The van der Waals surface area contributed by atoms with Gasteiger partial charge in [0, 0.05) is 25.5 Å². The Morgan fingerprint density at radius 2 is 2.10 bits per heavy atom. The Balaban J connectivity index is 2.12. The molecule has 4 nitrogen and oxygen atoms in total. The number of pyridine rings is 1. The summed E-state index contributed by atoms with van der Waals surface area (Å²) in [5.41, 5.74) is 2.60. The van der Waals surface area contributed by atoms with Crippen molar-refractivity contribution in [1.29, 1.82) is 0 Å². The molecule has 1 aromatic heterocycles. The molecule has 0 radical (unpaired) electrons. The number of carbonyl (C=O) groups is 1. The van der Waals surface area contributed by atoms with Crippen LogP contribution >= 0.6 is 0 Å². The topological polar surface area (TPSA) is 45.2 Å². The zero-order valence-electron chi connectivity index (χ0n) is 12.8. The summed E-state index contributed by atoms with van der Waals surface area (Å²) in [5, 5.41) is 3.19. The SMILES string of the molecule is CCCNc1ccc(C(=O)N(C)c2cccc(C)c2)cn1. The summed E-state index contributed by atoms with van der Waals surface area (Å²) in [7, 11) is 1.78. The van der Waals surface area contributed by atoms with E-state index in [1.807, 2.05) is 37.3 Å². The lowest BCUT2D eigenvalue weighted by atomic mass is 10.2. The molecule has 0 saturated heterocycles. The molecule has 110 valence electrons. The molecule has 0 saturated carbocycles. The summed E-state index contributed by atoms with van der Waals surface area (Å²) in [6.45, 7) is 4.99. The predicted octanol–water partition coefficient (Wildman–Crippen LogP) is 3.49. The van der Waals surface area contributed by atoms with E-state index in [4.69, 9.17) is 0 Å². The molecule has 0 atom stereocenters. The van der Waals surface area contributed by atoms with Crippen LogP contribution in [-0.2, 0) is 0 Å². The van der Waals surface area contributed by atoms with Crippen LogP contribution in [0.25, 0.3) is 0 Å². The maximum absolute atomic E-state index is 12.4. The zero-order valence-corrected chi connectivity index (χ0v) is 12.8. The molecule has 0 aliphatic rings. The predicted molar refractivity (Wildman–Crippen MR) is 86.9 cm³/mol. The summed E-state index contributed by atoms with van der Waals surface area (Å²) in [4.78, 5) is 18.4. The van der Waals surface area contributed by atoms with Crippen molar-refractivity contribution in [2.75, 3.05) is 23.8 Å². The monoisotopic (exact) mass is 283 g/mol. The average molecular weight is 283 g/mol. The summed E-state index contributed by atoms with van der Waals surface area (Å²) in [6.07, 6.45) is 2.66. The highest BCUT2D eigenvalue weighted by Gasteiger charge is 2.13. The fourth-order valence-electron chi connectivity index (χ4n) is 2.03. The zero-order chi connectivity index (χ0) is 15.2. The van der Waals surface area contributed by atoms with Gasteiger partial charge in [0.25, 0.3) is 5.91 Å². The van der Waals surface area contributed by atoms with Crippen LogP contribution in [0.4, 0.5) is 11.5 Å². The molecule has 0 fully saturated rings. The van der Waals surface area contributed by atoms with Gasteiger partial charge in [-0.15, -0.1) is 0 Å². The van der Waals surface area contributed by atoms with Crippen molar-refractivity contribution in [3.05, 3.63) is 53.7 Å². The van der Waals surface area contributed by atoms with Crippen molar-refractivity contribution >= 4 is 17.4 Å². The van der Waals surface area contributed by atoms with E-state index < -0.39 is 0 Å². The highest BCUT2D eigenvalue weighted by atomic mass is 16.2. The molecule has 0 bridgehead atoms. The van der Waals surface area contributed by atoms with Gasteiger partial charge in [0.15, 0.2) is 0 Å². The minimum atomic E-state index is -0.0601. The quantitative estimate of drug-likeness (QED) is 0.913. The summed E-state index contributed by atoms with van der Waals surface area (Å²) < 4.78 is 0. The van der Waals surface area contributed by atoms with Crippen LogP contribution in [0.5, 0.6) is 0 Å². The number of hydrogen-bond donors (Lipinski definition) is 1. The van der Waals surface area contributed by atoms with Gasteiger partial charge in [-0.1, -0.05) is 19.1 Å². The van der Waals surface area contributed by atoms with Crippen molar-refractivity contribution in [2.45, 2.75) is 20.3 Å². The number of aryl methyl sites for hydroxylation is 1. The smallest absolute Gasteiger partial charge is 0.259 e. The van der Waals surface area contributed by atoms with Crippen molar-refractivity contribution in [3.8, 4) is 0 Å². The van der Waals surface area contributed by atoms with Gasteiger partial charge in [-0.3, -0.25) is 4.79 Å². The van der Waals surface area contributed by atoms with E-state index in [2.05, 4.69) is 17.2 Å². The second-order valence-electron chi connectivity index (χ2n) is 5.06. The first-order valence-corrected chi connectivity index (χ1v) is 7.16. The number of aromatic nitrogens is 1. The van der Waals surface area contributed by atoms with Crippen molar-refractivity contribution in [3.63, 3.8) is 0 Å². The van der Waals surface area contributed by atoms with Crippen LogP contribution in [0.15, 0.2) is 42.6 Å². The molecule has 1 amide bonds. The van der Waals surface area contributed by atoms with Gasteiger partial charge in [0.2, 0.25) is 0 Å². The third-order valence-electron chi connectivity index (χ3n) is 3.26. The molecule has 0 spiro atoms. The molecular formula is C17H21N3O. The molecular weight excluding hydrogens is 262 g/mol. The Kier molecular flexibility index (Phi) is 4.93. The Labute approximate surface area is 125 Å². The minimum Gasteiger partial charge on any atom is -0.370 e.